The molecular formula is C19H25N3O2. The summed E-state index contributed by atoms with van der Waals surface area (Å²) in [5.41, 5.74) is 1.84. The van der Waals surface area contributed by atoms with Crippen molar-refractivity contribution in [2.45, 2.75) is 46.1 Å². The summed E-state index contributed by atoms with van der Waals surface area (Å²) in [5, 5.41) is 12.6. The number of hydrogen-bond acceptors (Lipinski definition) is 4. The Hall–Kier alpha value is -2.35. The number of carbonyl (C=O) groups is 2. The first kappa shape index (κ1) is 18.0. The maximum absolute atomic E-state index is 12.1. The molecule has 1 fully saturated rings. The highest BCUT2D eigenvalue weighted by atomic mass is 16.2. The molecule has 0 bridgehead atoms. The first-order chi connectivity index (χ1) is 11.4. The van der Waals surface area contributed by atoms with Crippen LogP contribution in [0.1, 0.15) is 56.0 Å². The van der Waals surface area contributed by atoms with Gasteiger partial charge in [0.1, 0.15) is 6.07 Å². The molecule has 1 heterocycles. The van der Waals surface area contributed by atoms with E-state index in [9.17, 15) is 14.9 Å². The molecule has 0 atom stereocenters. The van der Waals surface area contributed by atoms with Crippen LogP contribution >= 0.6 is 0 Å². The SMILES string of the molecule is CC(=O)c1ccc(C#N)c(NC2CCN(C(=O)CC(C)C)CC2)c1. The van der Waals surface area contributed by atoms with Gasteiger partial charge in [0.05, 0.1) is 11.3 Å². The molecule has 1 amide bonds. The van der Waals surface area contributed by atoms with Gasteiger partial charge in [-0.05, 0) is 43.9 Å². The molecule has 0 unspecified atom stereocenters. The maximum Gasteiger partial charge on any atom is 0.222 e. The Labute approximate surface area is 143 Å². The number of nitrogens with zero attached hydrogens (tertiary/aromatic N) is 2. The largest absolute Gasteiger partial charge is 0.381 e. The third-order valence-electron chi connectivity index (χ3n) is 4.34. The number of rotatable bonds is 5. The molecule has 0 aliphatic carbocycles. The second-order valence-electron chi connectivity index (χ2n) is 6.83. The van der Waals surface area contributed by atoms with Crippen molar-refractivity contribution in [2.24, 2.45) is 5.92 Å². The van der Waals surface area contributed by atoms with E-state index in [0.29, 0.717) is 29.2 Å². The second-order valence-corrected chi connectivity index (χ2v) is 6.83. The van der Waals surface area contributed by atoms with Crippen molar-refractivity contribution >= 4 is 17.4 Å². The van der Waals surface area contributed by atoms with Gasteiger partial charge in [0.25, 0.3) is 0 Å². The Morgan fingerprint density at radius 2 is 2.00 bits per heavy atom. The van der Waals surface area contributed by atoms with Crippen LogP contribution in [0.25, 0.3) is 0 Å². The minimum absolute atomic E-state index is 0.0170. The third kappa shape index (κ3) is 4.58. The average Bonchev–Trinajstić information content (AvgIpc) is 2.54. The molecule has 1 aromatic carbocycles. The van der Waals surface area contributed by atoms with E-state index in [1.165, 1.54) is 6.92 Å². The van der Waals surface area contributed by atoms with E-state index in [4.69, 9.17) is 0 Å². The Morgan fingerprint density at radius 3 is 2.54 bits per heavy atom. The highest BCUT2D eigenvalue weighted by molar-refractivity contribution is 5.95. The average molecular weight is 327 g/mol. The van der Waals surface area contributed by atoms with Crippen LogP contribution in [0.15, 0.2) is 18.2 Å². The molecule has 0 saturated carbocycles. The minimum Gasteiger partial charge on any atom is -0.381 e. The number of nitrogens with one attached hydrogen (secondary N) is 1. The molecule has 1 aliphatic heterocycles. The lowest BCUT2D eigenvalue weighted by Gasteiger charge is -2.33. The van der Waals surface area contributed by atoms with Crippen LogP contribution in [-0.2, 0) is 4.79 Å². The van der Waals surface area contributed by atoms with Gasteiger partial charge in [-0.1, -0.05) is 13.8 Å². The molecule has 5 nitrogen and oxygen atoms in total. The summed E-state index contributed by atoms with van der Waals surface area (Å²) in [4.78, 5) is 25.6. The smallest absolute Gasteiger partial charge is 0.222 e. The van der Waals surface area contributed by atoms with Gasteiger partial charge in [-0.15, -0.1) is 0 Å². The lowest BCUT2D eigenvalue weighted by atomic mass is 10.0. The predicted octanol–water partition coefficient (Wildman–Crippen LogP) is 3.21. The Bertz CT molecular complexity index is 653. The summed E-state index contributed by atoms with van der Waals surface area (Å²) in [6.45, 7) is 7.09. The number of carbonyl (C=O) groups excluding carboxylic acids is 2. The van der Waals surface area contributed by atoms with Gasteiger partial charge in [0, 0.05) is 31.1 Å². The Balaban J connectivity index is 1.99. The number of nitriles is 1. The first-order valence-electron chi connectivity index (χ1n) is 8.50. The third-order valence-corrected chi connectivity index (χ3v) is 4.34. The molecule has 2 rings (SSSR count). The number of benzene rings is 1. The van der Waals surface area contributed by atoms with Gasteiger partial charge >= 0.3 is 0 Å². The number of piperidine rings is 1. The van der Waals surface area contributed by atoms with E-state index in [2.05, 4.69) is 25.2 Å². The number of likely N-dealkylation sites (tertiary alicyclic amines) is 1. The Morgan fingerprint density at radius 1 is 1.33 bits per heavy atom. The van der Waals surface area contributed by atoms with Crippen molar-refractivity contribution < 1.29 is 9.59 Å². The van der Waals surface area contributed by atoms with Crippen LogP contribution in [0.2, 0.25) is 0 Å². The standard InChI is InChI=1S/C19H25N3O2/c1-13(2)10-19(24)22-8-6-17(7-9-22)21-18-11-15(14(3)23)4-5-16(18)12-20/h4-5,11,13,17,21H,6-10H2,1-3H3. The van der Waals surface area contributed by atoms with Gasteiger partial charge < -0.3 is 10.2 Å². The quantitative estimate of drug-likeness (QED) is 0.843. The molecule has 128 valence electrons. The van der Waals surface area contributed by atoms with Gasteiger partial charge in [-0.2, -0.15) is 5.26 Å². The summed E-state index contributed by atoms with van der Waals surface area (Å²) < 4.78 is 0. The zero-order valence-corrected chi connectivity index (χ0v) is 14.6. The minimum atomic E-state index is -0.0170. The number of ketones is 1. The van der Waals surface area contributed by atoms with Crippen LogP contribution in [0.3, 0.4) is 0 Å². The highest BCUT2D eigenvalue weighted by Crippen LogP contribution is 2.22. The normalized spacial score (nSPS) is 15.2. The molecule has 1 N–H and O–H groups in total. The number of Topliss-reactive ketones (excluding diaryl/α,β-unsaturated/α-hetero) is 1. The predicted molar refractivity (Wildman–Crippen MR) is 93.8 cm³/mol. The van der Waals surface area contributed by atoms with Gasteiger partial charge in [0.15, 0.2) is 5.78 Å². The number of amides is 1. The van der Waals surface area contributed by atoms with E-state index >= 15 is 0 Å². The van der Waals surface area contributed by atoms with Crippen molar-refractivity contribution in [2.75, 3.05) is 18.4 Å². The fraction of sp³-hybridized carbons (Fsp3) is 0.526. The number of anilines is 1. The lowest BCUT2D eigenvalue weighted by Crippen LogP contribution is -2.42. The molecule has 0 radical (unpaired) electrons. The first-order valence-corrected chi connectivity index (χ1v) is 8.50. The second kappa shape index (κ2) is 7.96. The molecule has 1 aromatic rings. The summed E-state index contributed by atoms with van der Waals surface area (Å²) in [6, 6.07) is 7.48. The van der Waals surface area contributed by atoms with E-state index in [1.54, 1.807) is 18.2 Å². The van der Waals surface area contributed by atoms with Crippen molar-refractivity contribution in [1.82, 2.24) is 4.90 Å². The Kier molecular flexibility index (Phi) is 5.97. The summed E-state index contributed by atoms with van der Waals surface area (Å²) in [5.74, 6) is 0.581. The molecule has 24 heavy (non-hydrogen) atoms. The molecule has 1 saturated heterocycles. The van der Waals surface area contributed by atoms with E-state index in [-0.39, 0.29) is 17.7 Å². The van der Waals surface area contributed by atoms with E-state index in [0.717, 1.165) is 25.9 Å². The van der Waals surface area contributed by atoms with Crippen molar-refractivity contribution in [3.8, 4) is 6.07 Å². The zero-order chi connectivity index (χ0) is 17.7. The molecule has 5 heteroatoms. The van der Waals surface area contributed by atoms with Gasteiger partial charge in [-0.25, -0.2) is 0 Å². The monoisotopic (exact) mass is 327 g/mol. The lowest BCUT2D eigenvalue weighted by molar-refractivity contribution is -0.132. The van der Waals surface area contributed by atoms with Crippen molar-refractivity contribution in [3.63, 3.8) is 0 Å². The fourth-order valence-corrected chi connectivity index (χ4v) is 2.95. The van der Waals surface area contributed by atoms with Crippen LogP contribution < -0.4 is 5.32 Å². The van der Waals surface area contributed by atoms with E-state index < -0.39 is 0 Å². The molecule has 0 spiro atoms. The highest BCUT2D eigenvalue weighted by Gasteiger charge is 2.23. The summed E-state index contributed by atoms with van der Waals surface area (Å²) in [7, 11) is 0. The summed E-state index contributed by atoms with van der Waals surface area (Å²) in [6.07, 6.45) is 2.29. The van der Waals surface area contributed by atoms with E-state index in [1.807, 2.05) is 4.90 Å². The molecule has 0 aromatic heterocycles. The maximum atomic E-state index is 12.1. The van der Waals surface area contributed by atoms with Crippen LogP contribution in [0.4, 0.5) is 5.69 Å². The van der Waals surface area contributed by atoms with Gasteiger partial charge in [0.2, 0.25) is 5.91 Å². The van der Waals surface area contributed by atoms with Gasteiger partial charge in [-0.3, -0.25) is 9.59 Å². The molecule has 1 aliphatic rings. The fourth-order valence-electron chi connectivity index (χ4n) is 2.95. The van der Waals surface area contributed by atoms with Crippen LogP contribution in [-0.4, -0.2) is 35.7 Å². The topological polar surface area (TPSA) is 73.2 Å². The molecular weight excluding hydrogens is 302 g/mol. The van der Waals surface area contributed by atoms with Crippen LogP contribution in [0, 0.1) is 17.2 Å². The van der Waals surface area contributed by atoms with Crippen molar-refractivity contribution in [1.29, 1.82) is 5.26 Å². The van der Waals surface area contributed by atoms with Crippen LogP contribution in [0.5, 0.6) is 0 Å². The van der Waals surface area contributed by atoms with Crippen molar-refractivity contribution in [3.05, 3.63) is 29.3 Å². The summed E-state index contributed by atoms with van der Waals surface area (Å²) >= 11 is 0. The zero-order valence-electron chi connectivity index (χ0n) is 14.6. The number of hydrogen-bond donors (Lipinski definition) is 1.